The first-order chi connectivity index (χ1) is 9.32. The summed E-state index contributed by atoms with van der Waals surface area (Å²) >= 11 is 15.2. The lowest BCUT2D eigenvalue weighted by Crippen LogP contribution is -2.55. The van der Waals surface area contributed by atoms with Crippen molar-refractivity contribution in [2.45, 2.75) is 25.6 Å². The van der Waals surface area contributed by atoms with E-state index in [2.05, 4.69) is 15.9 Å². The SMILES string of the molecule is CC1(C)CN(C(=O)c2ccc(Br)c(Cl)c2)CC(CCl)O1. The average molecular weight is 381 g/mol. The lowest BCUT2D eigenvalue weighted by atomic mass is 10.0. The summed E-state index contributed by atoms with van der Waals surface area (Å²) in [6.45, 7) is 4.95. The van der Waals surface area contributed by atoms with E-state index in [-0.39, 0.29) is 12.0 Å². The summed E-state index contributed by atoms with van der Waals surface area (Å²) in [5.74, 6) is 0.319. The van der Waals surface area contributed by atoms with Crippen LogP contribution in [0.3, 0.4) is 0 Å². The number of carbonyl (C=O) groups excluding carboxylic acids is 1. The molecule has 0 N–H and O–H groups in total. The zero-order chi connectivity index (χ0) is 14.9. The van der Waals surface area contributed by atoms with Gasteiger partial charge in [-0.05, 0) is 48.0 Å². The molecule has 2 rings (SSSR count). The molecule has 6 heteroatoms. The summed E-state index contributed by atoms with van der Waals surface area (Å²) in [6.07, 6.45) is -0.143. The monoisotopic (exact) mass is 379 g/mol. The molecule has 1 saturated heterocycles. The van der Waals surface area contributed by atoms with Gasteiger partial charge in [0.25, 0.3) is 5.91 Å². The molecule has 0 aromatic heterocycles. The van der Waals surface area contributed by atoms with Gasteiger partial charge in [0.05, 0.1) is 22.6 Å². The molecule has 0 spiro atoms. The van der Waals surface area contributed by atoms with Crippen LogP contribution in [0.25, 0.3) is 0 Å². The maximum Gasteiger partial charge on any atom is 0.254 e. The third-order valence-corrected chi connectivity index (χ3v) is 4.68. The highest BCUT2D eigenvalue weighted by atomic mass is 79.9. The van der Waals surface area contributed by atoms with Gasteiger partial charge in [-0.2, -0.15) is 0 Å². The summed E-state index contributed by atoms with van der Waals surface area (Å²) in [6, 6.07) is 5.21. The zero-order valence-corrected chi connectivity index (χ0v) is 14.4. The molecule has 1 aromatic carbocycles. The molecule has 1 aliphatic heterocycles. The number of alkyl halides is 1. The van der Waals surface area contributed by atoms with E-state index in [1.54, 1.807) is 23.1 Å². The number of ether oxygens (including phenoxy) is 1. The van der Waals surface area contributed by atoms with E-state index < -0.39 is 5.60 Å². The van der Waals surface area contributed by atoms with Crippen molar-refractivity contribution < 1.29 is 9.53 Å². The zero-order valence-electron chi connectivity index (χ0n) is 11.3. The molecule has 1 unspecified atom stereocenters. The first kappa shape index (κ1) is 16.1. The maximum absolute atomic E-state index is 12.6. The second-order valence-corrected chi connectivity index (χ2v) is 7.04. The average Bonchev–Trinajstić information content (AvgIpc) is 2.39. The minimum atomic E-state index is -0.396. The van der Waals surface area contributed by atoms with E-state index >= 15 is 0 Å². The number of hydrogen-bond donors (Lipinski definition) is 0. The van der Waals surface area contributed by atoms with Crippen molar-refractivity contribution in [2.24, 2.45) is 0 Å². The van der Waals surface area contributed by atoms with Crippen molar-refractivity contribution in [3.05, 3.63) is 33.3 Å². The Hall–Kier alpha value is -0.290. The molecule has 3 nitrogen and oxygen atoms in total. The molecule has 110 valence electrons. The van der Waals surface area contributed by atoms with Crippen molar-refractivity contribution in [1.82, 2.24) is 4.90 Å². The Bertz CT molecular complexity index is 522. The highest BCUT2D eigenvalue weighted by Gasteiger charge is 2.35. The highest BCUT2D eigenvalue weighted by molar-refractivity contribution is 9.10. The van der Waals surface area contributed by atoms with E-state index in [1.807, 2.05) is 13.8 Å². The number of morpholine rings is 1. The van der Waals surface area contributed by atoms with Gasteiger partial charge in [-0.1, -0.05) is 11.6 Å². The largest absolute Gasteiger partial charge is 0.367 e. The first-order valence-electron chi connectivity index (χ1n) is 6.30. The van der Waals surface area contributed by atoms with Gasteiger partial charge < -0.3 is 9.64 Å². The molecular formula is C14H16BrCl2NO2. The minimum absolute atomic E-state index is 0.0501. The van der Waals surface area contributed by atoms with Gasteiger partial charge in [-0.25, -0.2) is 0 Å². The fourth-order valence-electron chi connectivity index (χ4n) is 2.34. The van der Waals surface area contributed by atoms with Crippen LogP contribution in [-0.4, -0.2) is 41.5 Å². The van der Waals surface area contributed by atoms with Crippen LogP contribution < -0.4 is 0 Å². The summed E-state index contributed by atoms with van der Waals surface area (Å²) in [5.41, 5.74) is 0.177. The van der Waals surface area contributed by atoms with Gasteiger partial charge in [0.1, 0.15) is 0 Å². The predicted molar refractivity (Wildman–Crippen MR) is 84.7 cm³/mol. The Labute approximate surface area is 137 Å². The summed E-state index contributed by atoms with van der Waals surface area (Å²) < 4.78 is 6.60. The second-order valence-electron chi connectivity index (χ2n) is 5.47. The molecule has 0 aliphatic carbocycles. The van der Waals surface area contributed by atoms with E-state index in [4.69, 9.17) is 27.9 Å². The second kappa shape index (κ2) is 6.22. The fourth-order valence-corrected chi connectivity index (χ4v) is 2.93. The van der Waals surface area contributed by atoms with Crippen LogP contribution >= 0.6 is 39.1 Å². The molecule has 1 aliphatic rings. The van der Waals surface area contributed by atoms with Gasteiger partial charge >= 0.3 is 0 Å². The molecule has 1 atom stereocenters. The minimum Gasteiger partial charge on any atom is -0.367 e. The Morgan fingerprint density at radius 3 is 2.85 bits per heavy atom. The van der Waals surface area contributed by atoms with Gasteiger partial charge in [-0.15, -0.1) is 11.6 Å². The Morgan fingerprint density at radius 1 is 1.55 bits per heavy atom. The van der Waals surface area contributed by atoms with Crippen LogP contribution in [0.5, 0.6) is 0 Å². The van der Waals surface area contributed by atoms with E-state index in [0.717, 1.165) is 4.47 Å². The van der Waals surface area contributed by atoms with Crippen LogP contribution in [0.1, 0.15) is 24.2 Å². The number of hydrogen-bond acceptors (Lipinski definition) is 2. The third-order valence-electron chi connectivity index (χ3n) is 3.11. The van der Waals surface area contributed by atoms with Crippen LogP contribution in [0.4, 0.5) is 0 Å². The Morgan fingerprint density at radius 2 is 2.25 bits per heavy atom. The van der Waals surface area contributed by atoms with Crippen LogP contribution in [0, 0.1) is 0 Å². The van der Waals surface area contributed by atoms with Crippen molar-refractivity contribution in [1.29, 1.82) is 0 Å². The molecule has 20 heavy (non-hydrogen) atoms. The standard InChI is InChI=1S/C14H16BrCl2NO2/c1-14(2)8-18(7-10(6-16)20-14)13(19)9-3-4-11(15)12(17)5-9/h3-5,10H,6-8H2,1-2H3. The van der Waals surface area contributed by atoms with Crippen molar-refractivity contribution in [3.8, 4) is 0 Å². The molecule has 0 radical (unpaired) electrons. The Kier molecular flexibility index (Phi) is 5.00. The highest BCUT2D eigenvalue weighted by Crippen LogP contribution is 2.26. The molecule has 1 heterocycles. The number of halogens is 3. The van der Waals surface area contributed by atoms with Crippen LogP contribution in [0.2, 0.25) is 5.02 Å². The van der Waals surface area contributed by atoms with Crippen molar-refractivity contribution >= 4 is 45.0 Å². The smallest absolute Gasteiger partial charge is 0.254 e. The third kappa shape index (κ3) is 3.67. The molecule has 1 fully saturated rings. The summed E-state index contributed by atoms with van der Waals surface area (Å²) in [4.78, 5) is 14.3. The van der Waals surface area contributed by atoms with Crippen LogP contribution in [-0.2, 0) is 4.74 Å². The topological polar surface area (TPSA) is 29.5 Å². The summed E-state index contributed by atoms with van der Waals surface area (Å²) in [7, 11) is 0. The number of nitrogens with zero attached hydrogens (tertiary/aromatic N) is 1. The predicted octanol–water partition coefficient (Wildman–Crippen LogP) is 3.96. The maximum atomic E-state index is 12.6. The molecular weight excluding hydrogens is 365 g/mol. The lowest BCUT2D eigenvalue weighted by Gasteiger charge is -2.42. The fraction of sp³-hybridized carbons (Fsp3) is 0.500. The quantitative estimate of drug-likeness (QED) is 0.726. The van der Waals surface area contributed by atoms with Crippen molar-refractivity contribution in [2.75, 3.05) is 19.0 Å². The van der Waals surface area contributed by atoms with E-state index in [0.29, 0.717) is 29.6 Å². The number of rotatable bonds is 2. The molecule has 1 amide bonds. The number of carbonyl (C=O) groups is 1. The van der Waals surface area contributed by atoms with Gasteiger partial charge in [0.15, 0.2) is 0 Å². The van der Waals surface area contributed by atoms with Crippen molar-refractivity contribution in [3.63, 3.8) is 0 Å². The van der Waals surface area contributed by atoms with Crippen LogP contribution in [0.15, 0.2) is 22.7 Å². The van der Waals surface area contributed by atoms with E-state index in [1.165, 1.54) is 0 Å². The summed E-state index contributed by atoms with van der Waals surface area (Å²) in [5, 5.41) is 0.525. The van der Waals surface area contributed by atoms with E-state index in [9.17, 15) is 4.79 Å². The normalized spacial score (nSPS) is 21.9. The number of benzene rings is 1. The first-order valence-corrected chi connectivity index (χ1v) is 8.01. The lowest BCUT2D eigenvalue weighted by molar-refractivity contribution is -0.117. The molecule has 0 saturated carbocycles. The number of amides is 1. The van der Waals surface area contributed by atoms with Gasteiger partial charge in [0, 0.05) is 23.1 Å². The molecule has 0 bridgehead atoms. The van der Waals surface area contributed by atoms with Gasteiger partial charge in [-0.3, -0.25) is 4.79 Å². The molecule has 1 aromatic rings. The van der Waals surface area contributed by atoms with Gasteiger partial charge in [0.2, 0.25) is 0 Å². The Balaban J connectivity index is 2.21.